The van der Waals surface area contributed by atoms with Gasteiger partial charge in [-0.15, -0.1) is 0 Å². The van der Waals surface area contributed by atoms with Crippen molar-refractivity contribution in [3.63, 3.8) is 0 Å². The predicted molar refractivity (Wildman–Crippen MR) is 111 cm³/mol. The zero-order valence-electron chi connectivity index (χ0n) is 17.0. The summed E-state index contributed by atoms with van der Waals surface area (Å²) in [5.41, 5.74) is 0.191. The first-order chi connectivity index (χ1) is 15.7. The van der Waals surface area contributed by atoms with Gasteiger partial charge in [-0.2, -0.15) is 0 Å². The zero-order valence-corrected chi connectivity index (χ0v) is 17.0. The maximum Gasteiger partial charge on any atom is 0.343 e. The van der Waals surface area contributed by atoms with Gasteiger partial charge in [0.2, 0.25) is 0 Å². The van der Waals surface area contributed by atoms with Crippen LogP contribution >= 0.6 is 0 Å². The first-order valence-corrected chi connectivity index (χ1v) is 9.61. The number of esters is 2. The predicted octanol–water partition coefficient (Wildman–Crippen LogP) is 6.14. The number of carbonyl (C=O) groups is 2. The number of rotatable bonds is 4. The van der Waals surface area contributed by atoms with Crippen molar-refractivity contribution in [2.45, 2.75) is 6.92 Å². The van der Waals surface area contributed by atoms with Crippen molar-refractivity contribution in [1.82, 2.24) is 0 Å². The van der Waals surface area contributed by atoms with Crippen LogP contribution < -0.4 is 9.47 Å². The molecule has 0 aliphatic rings. The Kier molecular flexibility index (Phi) is 5.83. The van der Waals surface area contributed by atoms with E-state index in [1.54, 1.807) is 25.1 Å². The van der Waals surface area contributed by atoms with Crippen LogP contribution in [0.25, 0.3) is 10.8 Å². The summed E-state index contributed by atoms with van der Waals surface area (Å²) in [6.45, 7) is 1.66. The van der Waals surface area contributed by atoms with Crippen LogP contribution in [-0.2, 0) is 0 Å². The molecule has 0 spiro atoms. The molecule has 0 radical (unpaired) electrons. The van der Waals surface area contributed by atoms with Gasteiger partial charge in [0.05, 0.1) is 11.1 Å². The summed E-state index contributed by atoms with van der Waals surface area (Å²) in [6.07, 6.45) is 0. The SMILES string of the molecule is Cc1c(OC(=O)c2ccc(F)c(F)c2)ccc2ccc(OC(=O)c3ccc(F)c(F)c3)cc12. The number of aryl methyl sites for hydroxylation is 1. The molecule has 0 saturated carbocycles. The van der Waals surface area contributed by atoms with Crippen molar-refractivity contribution in [3.8, 4) is 11.5 Å². The lowest BCUT2D eigenvalue weighted by atomic mass is 10.0. The third-order valence-electron chi connectivity index (χ3n) is 4.94. The van der Waals surface area contributed by atoms with Gasteiger partial charge in [-0.05, 0) is 77.9 Å². The molecule has 4 aromatic carbocycles. The Hall–Kier alpha value is -4.20. The van der Waals surface area contributed by atoms with Crippen LogP contribution in [0.2, 0.25) is 0 Å². The van der Waals surface area contributed by atoms with Crippen molar-refractivity contribution >= 4 is 22.7 Å². The third kappa shape index (κ3) is 4.55. The Morgan fingerprint density at radius 3 is 1.76 bits per heavy atom. The lowest BCUT2D eigenvalue weighted by Gasteiger charge is -2.12. The van der Waals surface area contributed by atoms with Gasteiger partial charge in [-0.25, -0.2) is 27.2 Å². The van der Waals surface area contributed by atoms with E-state index in [0.29, 0.717) is 10.9 Å². The first kappa shape index (κ1) is 22.0. The molecule has 0 fully saturated rings. The van der Waals surface area contributed by atoms with Crippen LogP contribution in [0, 0.1) is 30.2 Å². The fourth-order valence-electron chi connectivity index (χ4n) is 3.17. The van der Waals surface area contributed by atoms with E-state index in [1.165, 1.54) is 12.1 Å². The van der Waals surface area contributed by atoms with Crippen molar-refractivity contribution in [2.24, 2.45) is 0 Å². The summed E-state index contributed by atoms with van der Waals surface area (Å²) in [4.78, 5) is 24.6. The number of hydrogen-bond acceptors (Lipinski definition) is 4. The van der Waals surface area contributed by atoms with Gasteiger partial charge in [0.1, 0.15) is 11.5 Å². The topological polar surface area (TPSA) is 52.6 Å². The average molecular weight is 454 g/mol. The van der Waals surface area contributed by atoms with E-state index in [1.807, 2.05) is 0 Å². The molecule has 0 amide bonds. The molecule has 33 heavy (non-hydrogen) atoms. The number of halogens is 4. The standard InChI is InChI=1S/C25H14F4O4/c1-13-18-12-17(32-24(30)15-3-7-19(26)21(28)10-15)6-2-14(18)5-9-23(13)33-25(31)16-4-8-20(27)22(29)11-16/h2-12H,1H3. The first-order valence-electron chi connectivity index (χ1n) is 9.61. The second-order valence-corrected chi connectivity index (χ2v) is 7.11. The van der Waals surface area contributed by atoms with Crippen LogP contribution in [0.1, 0.15) is 26.3 Å². The molecule has 0 N–H and O–H groups in total. The fraction of sp³-hybridized carbons (Fsp3) is 0.0400. The summed E-state index contributed by atoms with van der Waals surface area (Å²) >= 11 is 0. The largest absolute Gasteiger partial charge is 0.423 e. The number of hydrogen-bond donors (Lipinski definition) is 0. The smallest absolute Gasteiger partial charge is 0.343 e. The van der Waals surface area contributed by atoms with Gasteiger partial charge < -0.3 is 9.47 Å². The molecule has 0 atom stereocenters. The maximum atomic E-state index is 13.4. The Labute approximate surface area is 185 Å². The molecule has 0 heterocycles. The molecule has 4 rings (SSSR count). The van der Waals surface area contributed by atoms with Crippen molar-refractivity contribution in [1.29, 1.82) is 0 Å². The van der Waals surface area contributed by atoms with E-state index in [0.717, 1.165) is 41.8 Å². The lowest BCUT2D eigenvalue weighted by Crippen LogP contribution is -2.10. The molecule has 0 aliphatic heterocycles. The van der Waals surface area contributed by atoms with Crippen molar-refractivity contribution in [3.05, 3.63) is 107 Å². The van der Waals surface area contributed by atoms with Crippen LogP contribution in [0.3, 0.4) is 0 Å². The van der Waals surface area contributed by atoms with Gasteiger partial charge >= 0.3 is 11.9 Å². The number of carbonyl (C=O) groups excluding carboxylic acids is 2. The molecule has 0 aliphatic carbocycles. The minimum absolute atomic E-state index is 0.129. The molecule has 0 bridgehead atoms. The van der Waals surface area contributed by atoms with E-state index in [-0.39, 0.29) is 22.6 Å². The van der Waals surface area contributed by atoms with Crippen LogP contribution in [0.15, 0.2) is 66.7 Å². The summed E-state index contributed by atoms with van der Waals surface area (Å²) in [5.74, 6) is -5.98. The highest BCUT2D eigenvalue weighted by Crippen LogP contribution is 2.31. The number of ether oxygens (including phenoxy) is 2. The Balaban J connectivity index is 1.60. The maximum absolute atomic E-state index is 13.4. The van der Waals surface area contributed by atoms with E-state index in [4.69, 9.17) is 9.47 Å². The van der Waals surface area contributed by atoms with E-state index in [9.17, 15) is 27.2 Å². The highest BCUT2D eigenvalue weighted by Gasteiger charge is 2.16. The summed E-state index contributed by atoms with van der Waals surface area (Å²) in [5, 5.41) is 1.33. The normalized spacial score (nSPS) is 10.8. The molecule has 8 heteroatoms. The average Bonchev–Trinajstić information content (AvgIpc) is 2.79. The molecule has 4 nitrogen and oxygen atoms in total. The number of benzene rings is 4. The highest BCUT2D eigenvalue weighted by molar-refractivity contribution is 5.95. The van der Waals surface area contributed by atoms with E-state index in [2.05, 4.69) is 0 Å². The lowest BCUT2D eigenvalue weighted by molar-refractivity contribution is 0.0725. The van der Waals surface area contributed by atoms with Gasteiger partial charge in [0.25, 0.3) is 0 Å². The van der Waals surface area contributed by atoms with Crippen LogP contribution in [-0.4, -0.2) is 11.9 Å². The minimum Gasteiger partial charge on any atom is -0.423 e. The van der Waals surface area contributed by atoms with Crippen molar-refractivity contribution in [2.75, 3.05) is 0 Å². The summed E-state index contributed by atoms with van der Waals surface area (Å²) in [7, 11) is 0. The monoisotopic (exact) mass is 454 g/mol. The summed E-state index contributed by atoms with van der Waals surface area (Å²) in [6, 6.07) is 13.2. The molecule has 0 unspecified atom stereocenters. The van der Waals surface area contributed by atoms with Crippen LogP contribution in [0.4, 0.5) is 17.6 Å². The number of fused-ring (bicyclic) bond motifs is 1. The van der Waals surface area contributed by atoms with Gasteiger partial charge in [-0.3, -0.25) is 0 Å². The van der Waals surface area contributed by atoms with Gasteiger partial charge in [0.15, 0.2) is 23.3 Å². The third-order valence-corrected chi connectivity index (χ3v) is 4.94. The molecule has 0 aromatic heterocycles. The Morgan fingerprint density at radius 2 is 1.18 bits per heavy atom. The molecule has 166 valence electrons. The quantitative estimate of drug-likeness (QED) is 0.211. The van der Waals surface area contributed by atoms with Crippen molar-refractivity contribution < 1.29 is 36.6 Å². The second-order valence-electron chi connectivity index (χ2n) is 7.11. The molecule has 4 aromatic rings. The molecular formula is C25H14F4O4. The highest BCUT2D eigenvalue weighted by atomic mass is 19.2. The fourth-order valence-corrected chi connectivity index (χ4v) is 3.17. The molecular weight excluding hydrogens is 440 g/mol. The summed E-state index contributed by atoms with van der Waals surface area (Å²) < 4.78 is 63.6. The van der Waals surface area contributed by atoms with Crippen LogP contribution in [0.5, 0.6) is 11.5 Å². The Morgan fingerprint density at radius 1 is 0.636 bits per heavy atom. The van der Waals surface area contributed by atoms with E-state index >= 15 is 0 Å². The Bertz CT molecular complexity index is 1410. The second kappa shape index (κ2) is 8.74. The molecule has 0 saturated heterocycles. The minimum atomic E-state index is -1.17. The van der Waals surface area contributed by atoms with E-state index < -0.39 is 35.2 Å². The van der Waals surface area contributed by atoms with Gasteiger partial charge in [0, 0.05) is 0 Å². The van der Waals surface area contributed by atoms with Gasteiger partial charge in [-0.1, -0.05) is 12.1 Å². The zero-order chi connectivity index (χ0) is 23.7.